The Morgan fingerprint density at radius 3 is 2.65 bits per heavy atom. The van der Waals surface area contributed by atoms with Gasteiger partial charge in [-0.3, -0.25) is 4.79 Å². The van der Waals surface area contributed by atoms with Gasteiger partial charge >= 0.3 is 6.09 Å². The largest absolute Gasteiger partial charge is 0.450 e. The Hall–Kier alpha value is -2.61. The fourth-order valence-electron chi connectivity index (χ4n) is 2.77. The summed E-state index contributed by atoms with van der Waals surface area (Å²) < 4.78 is 5.03. The minimum atomic E-state index is -0.255. The summed E-state index contributed by atoms with van der Waals surface area (Å²) in [6.07, 6.45) is 1.85. The Bertz CT molecular complexity index is 725. The molecule has 0 radical (unpaired) electrons. The predicted molar refractivity (Wildman–Crippen MR) is 102 cm³/mol. The molecule has 0 spiro atoms. The number of aromatic nitrogens is 1. The van der Waals surface area contributed by atoms with Crippen molar-refractivity contribution in [3.8, 4) is 0 Å². The van der Waals surface area contributed by atoms with E-state index in [-0.39, 0.29) is 12.0 Å². The van der Waals surface area contributed by atoms with Crippen molar-refractivity contribution < 1.29 is 14.3 Å². The zero-order valence-electron chi connectivity index (χ0n) is 14.7. The highest BCUT2D eigenvalue weighted by atomic mass is 32.1. The lowest BCUT2D eigenvalue weighted by Gasteiger charge is -2.35. The maximum atomic E-state index is 12.0. The van der Waals surface area contributed by atoms with E-state index in [1.54, 1.807) is 35.4 Å². The highest BCUT2D eigenvalue weighted by Gasteiger charge is 2.22. The average molecular weight is 374 g/mol. The third-order valence-corrected chi connectivity index (χ3v) is 4.98. The average Bonchev–Trinajstić information content (AvgIpc) is 3.15. The first-order chi connectivity index (χ1) is 12.7. The molecule has 3 heterocycles. The molecule has 2 amide bonds. The lowest BCUT2D eigenvalue weighted by atomic mass is 10.3. The molecule has 1 aliphatic heterocycles. The molecule has 2 aromatic heterocycles. The van der Waals surface area contributed by atoms with Gasteiger partial charge in [-0.05, 0) is 30.5 Å². The van der Waals surface area contributed by atoms with Crippen LogP contribution in [0.15, 0.2) is 35.8 Å². The molecule has 0 unspecified atom stereocenters. The summed E-state index contributed by atoms with van der Waals surface area (Å²) in [5.41, 5.74) is 0.977. The van der Waals surface area contributed by atoms with Crippen LogP contribution in [0.3, 0.4) is 0 Å². The maximum absolute atomic E-state index is 12.0. The summed E-state index contributed by atoms with van der Waals surface area (Å²) in [6, 6.07) is 7.62. The minimum Gasteiger partial charge on any atom is -0.450 e. The Morgan fingerprint density at radius 1 is 1.23 bits per heavy atom. The number of pyridine rings is 1. The molecule has 138 valence electrons. The number of amides is 2. The van der Waals surface area contributed by atoms with Crippen molar-refractivity contribution >= 4 is 34.8 Å². The molecule has 1 N–H and O–H groups in total. The van der Waals surface area contributed by atoms with Gasteiger partial charge in [0.25, 0.3) is 0 Å². The Labute approximate surface area is 156 Å². The fraction of sp³-hybridized carbons (Fsp3) is 0.389. The van der Waals surface area contributed by atoms with Gasteiger partial charge in [0, 0.05) is 31.1 Å². The van der Waals surface area contributed by atoms with Crippen molar-refractivity contribution in [2.75, 3.05) is 43.0 Å². The summed E-state index contributed by atoms with van der Waals surface area (Å²) in [7, 11) is 0. The zero-order valence-corrected chi connectivity index (χ0v) is 15.5. The Kier molecular flexibility index (Phi) is 6.06. The number of piperazine rings is 1. The number of rotatable bonds is 5. The zero-order chi connectivity index (χ0) is 18.4. The second kappa shape index (κ2) is 8.66. The van der Waals surface area contributed by atoms with Crippen LogP contribution in [-0.2, 0) is 16.0 Å². The molecule has 0 bridgehead atoms. The number of nitrogens with one attached hydrogen (secondary N) is 1. The standard InChI is InChI=1S/C18H22N4O3S/c1-2-25-18(24)22-9-7-21(8-10-22)14-5-6-16(19-13-14)20-17(23)12-15-4-3-11-26-15/h3-6,11,13H,2,7-10,12H2,1H3,(H,19,20,23). The van der Waals surface area contributed by atoms with Gasteiger partial charge in [0.05, 0.1) is 24.9 Å². The summed E-state index contributed by atoms with van der Waals surface area (Å²) in [6.45, 7) is 4.90. The molecule has 1 fully saturated rings. The van der Waals surface area contributed by atoms with E-state index in [0.717, 1.165) is 23.7 Å². The third-order valence-electron chi connectivity index (χ3n) is 4.10. The monoisotopic (exact) mass is 374 g/mol. The summed E-state index contributed by atoms with van der Waals surface area (Å²) in [5, 5.41) is 4.77. The van der Waals surface area contributed by atoms with E-state index >= 15 is 0 Å². The van der Waals surface area contributed by atoms with Gasteiger partial charge in [-0.2, -0.15) is 0 Å². The summed E-state index contributed by atoms with van der Waals surface area (Å²) >= 11 is 1.56. The molecule has 0 aliphatic carbocycles. The first-order valence-corrected chi connectivity index (χ1v) is 9.48. The molecule has 0 atom stereocenters. The molecule has 3 rings (SSSR count). The van der Waals surface area contributed by atoms with E-state index in [2.05, 4.69) is 15.2 Å². The van der Waals surface area contributed by atoms with Crippen LogP contribution in [0.1, 0.15) is 11.8 Å². The number of carbonyl (C=O) groups excluding carboxylic acids is 2. The number of carbonyl (C=O) groups is 2. The molecular weight excluding hydrogens is 352 g/mol. The van der Waals surface area contributed by atoms with E-state index in [4.69, 9.17) is 4.74 Å². The minimum absolute atomic E-state index is 0.0734. The van der Waals surface area contributed by atoms with Crippen molar-refractivity contribution in [3.63, 3.8) is 0 Å². The van der Waals surface area contributed by atoms with Gasteiger partial charge in [-0.1, -0.05) is 6.07 Å². The van der Waals surface area contributed by atoms with Gasteiger partial charge in [0.2, 0.25) is 5.91 Å². The summed E-state index contributed by atoms with van der Waals surface area (Å²) in [5.74, 6) is 0.469. The highest BCUT2D eigenvalue weighted by molar-refractivity contribution is 7.10. The van der Waals surface area contributed by atoms with Gasteiger partial charge in [-0.25, -0.2) is 9.78 Å². The van der Waals surface area contributed by atoms with E-state index in [1.165, 1.54) is 0 Å². The number of hydrogen-bond donors (Lipinski definition) is 1. The Morgan fingerprint density at radius 2 is 2.04 bits per heavy atom. The topological polar surface area (TPSA) is 74.8 Å². The first-order valence-electron chi connectivity index (χ1n) is 8.60. The van der Waals surface area contributed by atoms with Gasteiger partial charge in [0.1, 0.15) is 5.82 Å². The second-order valence-electron chi connectivity index (χ2n) is 5.88. The van der Waals surface area contributed by atoms with Crippen LogP contribution in [0.4, 0.5) is 16.3 Å². The van der Waals surface area contributed by atoms with Gasteiger partial charge in [-0.15, -0.1) is 11.3 Å². The molecule has 26 heavy (non-hydrogen) atoms. The molecule has 1 saturated heterocycles. The Balaban J connectivity index is 1.50. The van der Waals surface area contributed by atoms with Gasteiger partial charge in [0.15, 0.2) is 0 Å². The lowest BCUT2D eigenvalue weighted by Crippen LogP contribution is -2.49. The number of thiophene rings is 1. The van der Waals surface area contributed by atoms with Crippen LogP contribution in [-0.4, -0.2) is 54.7 Å². The number of anilines is 2. The summed E-state index contributed by atoms with van der Waals surface area (Å²) in [4.78, 5) is 33.0. The molecular formula is C18H22N4O3S. The maximum Gasteiger partial charge on any atom is 0.409 e. The fourth-order valence-corrected chi connectivity index (χ4v) is 3.47. The molecule has 0 saturated carbocycles. The smallest absolute Gasteiger partial charge is 0.409 e. The van der Waals surface area contributed by atoms with Crippen molar-refractivity contribution in [2.45, 2.75) is 13.3 Å². The van der Waals surface area contributed by atoms with Crippen LogP contribution in [0.2, 0.25) is 0 Å². The van der Waals surface area contributed by atoms with E-state index in [1.807, 2.05) is 23.6 Å². The van der Waals surface area contributed by atoms with Crippen LogP contribution in [0, 0.1) is 0 Å². The third kappa shape index (κ3) is 4.72. The van der Waals surface area contributed by atoms with Crippen LogP contribution in [0.25, 0.3) is 0 Å². The van der Waals surface area contributed by atoms with E-state index in [0.29, 0.717) is 31.9 Å². The van der Waals surface area contributed by atoms with Crippen LogP contribution < -0.4 is 10.2 Å². The van der Waals surface area contributed by atoms with Gasteiger partial charge < -0.3 is 19.9 Å². The second-order valence-corrected chi connectivity index (χ2v) is 6.91. The first kappa shape index (κ1) is 18.2. The molecule has 7 nitrogen and oxygen atoms in total. The normalized spacial score (nSPS) is 14.2. The quantitative estimate of drug-likeness (QED) is 0.871. The SMILES string of the molecule is CCOC(=O)N1CCN(c2ccc(NC(=O)Cc3cccs3)nc2)CC1. The molecule has 2 aromatic rings. The van der Waals surface area contributed by atoms with Crippen LogP contribution >= 0.6 is 11.3 Å². The van der Waals surface area contributed by atoms with E-state index in [9.17, 15) is 9.59 Å². The van der Waals surface area contributed by atoms with Crippen LogP contribution in [0.5, 0.6) is 0 Å². The van der Waals surface area contributed by atoms with Crippen molar-refractivity contribution in [3.05, 3.63) is 40.7 Å². The van der Waals surface area contributed by atoms with Crippen molar-refractivity contribution in [1.29, 1.82) is 0 Å². The van der Waals surface area contributed by atoms with Crippen molar-refractivity contribution in [2.24, 2.45) is 0 Å². The predicted octanol–water partition coefficient (Wildman–Crippen LogP) is 2.60. The number of nitrogens with zero attached hydrogens (tertiary/aromatic N) is 3. The highest BCUT2D eigenvalue weighted by Crippen LogP contribution is 2.18. The lowest BCUT2D eigenvalue weighted by molar-refractivity contribution is -0.115. The van der Waals surface area contributed by atoms with E-state index < -0.39 is 0 Å². The molecule has 0 aromatic carbocycles. The number of ether oxygens (including phenoxy) is 1. The molecule has 8 heteroatoms. The number of hydrogen-bond acceptors (Lipinski definition) is 6. The molecule has 1 aliphatic rings. The van der Waals surface area contributed by atoms with Crippen molar-refractivity contribution in [1.82, 2.24) is 9.88 Å².